The number of rotatable bonds is 7. The van der Waals surface area contributed by atoms with Crippen molar-refractivity contribution in [2.24, 2.45) is 5.73 Å². The molecule has 90 valence electrons. The van der Waals surface area contributed by atoms with Gasteiger partial charge in [0.1, 0.15) is 5.82 Å². The topological polar surface area (TPSA) is 44.5 Å². The van der Waals surface area contributed by atoms with Crippen LogP contribution in [0.25, 0.3) is 0 Å². The van der Waals surface area contributed by atoms with E-state index in [0.717, 1.165) is 0 Å². The van der Waals surface area contributed by atoms with Crippen molar-refractivity contribution in [1.82, 2.24) is 0 Å². The molecule has 0 saturated carbocycles. The van der Waals surface area contributed by atoms with E-state index in [9.17, 15) is 4.39 Å². The van der Waals surface area contributed by atoms with Crippen molar-refractivity contribution in [1.29, 1.82) is 0 Å². The first-order valence-corrected chi connectivity index (χ1v) is 5.42. The summed E-state index contributed by atoms with van der Waals surface area (Å²) in [4.78, 5) is 0. The molecule has 0 aliphatic heterocycles. The van der Waals surface area contributed by atoms with Crippen LogP contribution in [0.1, 0.15) is 5.56 Å². The lowest BCUT2D eigenvalue weighted by Crippen LogP contribution is -2.12. The van der Waals surface area contributed by atoms with E-state index in [1.165, 1.54) is 6.07 Å². The number of hydrogen-bond acceptors (Lipinski definition) is 3. The maximum absolute atomic E-state index is 13.3. The van der Waals surface area contributed by atoms with E-state index in [0.29, 0.717) is 37.0 Å². The van der Waals surface area contributed by atoms with Gasteiger partial charge < -0.3 is 15.2 Å². The molecule has 0 spiro atoms. The molecular formula is C11H15ClFNO2. The highest BCUT2D eigenvalue weighted by molar-refractivity contribution is 6.31. The van der Waals surface area contributed by atoms with Gasteiger partial charge in [-0.2, -0.15) is 0 Å². The van der Waals surface area contributed by atoms with Gasteiger partial charge in [0.25, 0.3) is 0 Å². The minimum atomic E-state index is -0.352. The van der Waals surface area contributed by atoms with Crippen LogP contribution in [0.2, 0.25) is 5.02 Å². The lowest BCUT2D eigenvalue weighted by molar-refractivity contribution is 0.0424. The van der Waals surface area contributed by atoms with Gasteiger partial charge in [-0.05, 0) is 12.1 Å². The zero-order valence-corrected chi connectivity index (χ0v) is 9.67. The van der Waals surface area contributed by atoms with Crippen LogP contribution in [0.5, 0.6) is 0 Å². The quantitative estimate of drug-likeness (QED) is 0.750. The molecule has 2 N–H and O–H groups in total. The molecule has 1 aromatic rings. The highest BCUT2D eigenvalue weighted by Gasteiger charge is 2.06. The van der Waals surface area contributed by atoms with Crippen molar-refractivity contribution in [2.45, 2.75) is 6.61 Å². The summed E-state index contributed by atoms with van der Waals surface area (Å²) in [5, 5.41) is 0.378. The lowest BCUT2D eigenvalue weighted by atomic mass is 10.2. The Morgan fingerprint density at radius 2 is 1.94 bits per heavy atom. The van der Waals surface area contributed by atoms with Crippen LogP contribution in [0.3, 0.4) is 0 Å². The molecule has 0 bridgehead atoms. The summed E-state index contributed by atoms with van der Waals surface area (Å²) < 4.78 is 23.6. The number of nitrogens with two attached hydrogens (primary N) is 1. The fourth-order valence-electron chi connectivity index (χ4n) is 1.15. The second-order valence-electron chi connectivity index (χ2n) is 3.15. The van der Waals surface area contributed by atoms with Gasteiger partial charge in [0, 0.05) is 17.1 Å². The Labute approximate surface area is 99.3 Å². The summed E-state index contributed by atoms with van der Waals surface area (Å²) in [6.07, 6.45) is 0. The summed E-state index contributed by atoms with van der Waals surface area (Å²) in [5.74, 6) is -0.352. The third-order valence-electron chi connectivity index (χ3n) is 1.94. The molecule has 3 nitrogen and oxygen atoms in total. The molecular weight excluding hydrogens is 233 g/mol. The molecule has 1 aromatic carbocycles. The second kappa shape index (κ2) is 7.57. The summed E-state index contributed by atoms with van der Waals surface area (Å²) >= 11 is 5.82. The molecule has 0 aliphatic rings. The molecule has 0 saturated heterocycles. The number of halogens is 2. The zero-order chi connectivity index (χ0) is 11.8. The average molecular weight is 248 g/mol. The van der Waals surface area contributed by atoms with Crippen LogP contribution < -0.4 is 5.73 Å². The Balaban J connectivity index is 2.26. The molecule has 0 aromatic heterocycles. The normalized spacial score (nSPS) is 10.7. The molecule has 0 heterocycles. The predicted molar refractivity (Wildman–Crippen MR) is 60.9 cm³/mol. The first-order valence-electron chi connectivity index (χ1n) is 5.04. The van der Waals surface area contributed by atoms with E-state index in [-0.39, 0.29) is 12.4 Å². The van der Waals surface area contributed by atoms with Crippen molar-refractivity contribution in [3.8, 4) is 0 Å². The van der Waals surface area contributed by atoms with Crippen LogP contribution >= 0.6 is 11.6 Å². The number of ether oxygens (including phenoxy) is 2. The first-order chi connectivity index (χ1) is 7.75. The monoisotopic (exact) mass is 247 g/mol. The van der Waals surface area contributed by atoms with Crippen molar-refractivity contribution >= 4 is 11.6 Å². The molecule has 16 heavy (non-hydrogen) atoms. The Hall–Kier alpha value is -0.680. The van der Waals surface area contributed by atoms with Crippen molar-refractivity contribution < 1.29 is 13.9 Å². The fraction of sp³-hybridized carbons (Fsp3) is 0.455. The van der Waals surface area contributed by atoms with Gasteiger partial charge in [-0.15, -0.1) is 0 Å². The Bertz CT molecular complexity index is 303. The van der Waals surface area contributed by atoms with Crippen molar-refractivity contribution in [3.63, 3.8) is 0 Å². The third kappa shape index (κ3) is 4.45. The van der Waals surface area contributed by atoms with Crippen molar-refractivity contribution in [3.05, 3.63) is 34.6 Å². The van der Waals surface area contributed by atoms with Crippen LogP contribution in [0, 0.1) is 5.82 Å². The van der Waals surface area contributed by atoms with Gasteiger partial charge in [-0.25, -0.2) is 4.39 Å². The maximum atomic E-state index is 13.3. The minimum Gasteiger partial charge on any atom is -0.378 e. The molecule has 0 fully saturated rings. The third-order valence-corrected chi connectivity index (χ3v) is 2.30. The van der Waals surface area contributed by atoms with E-state index in [1.54, 1.807) is 12.1 Å². The standard InChI is InChI=1S/C11H15ClFNO2/c12-10-2-1-3-11(13)9(10)8-16-7-6-15-5-4-14/h1-3H,4-8,14H2. The van der Waals surface area contributed by atoms with Gasteiger partial charge in [-0.1, -0.05) is 17.7 Å². The van der Waals surface area contributed by atoms with E-state index in [2.05, 4.69) is 0 Å². The molecule has 5 heteroatoms. The van der Waals surface area contributed by atoms with Gasteiger partial charge in [0.05, 0.1) is 26.4 Å². The van der Waals surface area contributed by atoms with Crippen LogP contribution in [0.15, 0.2) is 18.2 Å². The van der Waals surface area contributed by atoms with E-state index < -0.39 is 0 Å². The van der Waals surface area contributed by atoms with E-state index >= 15 is 0 Å². The van der Waals surface area contributed by atoms with E-state index in [4.69, 9.17) is 26.8 Å². The highest BCUT2D eigenvalue weighted by Crippen LogP contribution is 2.19. The first kappa shape index (κ1) is 13.4. The van der Waals surface area contributed by atoms with Gasteiger partial charge in [0.2, 0.25) is 0 Å². The van der Waals surface area contributed by atoms with Crippen LogP contribution in [-0.4, -0.2) is 26.4 Å². The fourth-order valence-corrected chi connectivity index (χ4v) is 1.37. The number of hydrogen-bond donors (Lipinski definition) is 1. The minimum absolute atomic E-state index is 0.150. The smallest absolute Gasteiger partial charge is 0.130 e. The summed E-state index contributed by atoms with van der Waals surface area (Å²) in [5.41, 5.74) is 5.62. The molecule has 0 amide bonds. The zero-order valence-electron chi connectivity index (χ0n) is 8.92. The van der Waals surface area contributed by atoms with Gasteiger partial charge in [0.15, 0.2) is 0 Å². The Kier molecular flexibility index (Phi) is 6.33. The molecule has 0 aliphatic carbocycles. The predicted octanol–water partition coefficient (Wildman–Crippen LogP) is 1.97. The number of benzene rings is 1. The Morgan fingerprint density at radius 3 is 2.62 bits per heavy atom. The largest absolute Gasteiger partial charge is 0.378 e. The van der Waals surface area contributed by atoms with Crippen LogP contribution in [0.4, 0.5) is 4.39 Å². The SMILES string of the molecule is NCCOCCOCc1c(F)cccc1Cl. The second-order valence-corrected chi connectivity index (χ2v) is 3.56. The summed E-state index contributed by atoms with van der Waals surface area (Å²) in [7, 11) is 0. The van der Waals surface area contributed by atoms with Crippen molar-refractivity contribution in [2.75, 3.05) is 26.4 Å². The average Bonchev–Trinajstić information content (AvgIpc) is 2.26. The summed E-state index contributed by atoms with van der Waals surface area (Å²) in [6, 6.07) is 4.55. The molecule has 1 rings (SSSR count). The van der Waals surface area contributed by atoms with E-state index in [1.807, 2.05) is 0 Å². The van der Waals surface area contributed by atoms with Crippen LogP contribution in [-0.2, 0) is 16.1 Å². The maximum Gasteiger partial charge on any atom is 0.130 e. The van der Waals surface area contributed by atoms with Gasteiger partial charge >= 0.3 is 0 Å². The Morgan fingerprint density at radius 1 is 1.19 bits per heavy atom. The molecule has 0 atom stereocenters. The summed E-state index contributed by atoms with van der Waals surface area (Å²) in [6.45, 7) is 1.98. The lowest BCUT2D eigenvalue weighted by Gasteiger charge is -2.07. The molecule has 0 radical (unpaired) electrons. The highest BCUT2D eigenvalue weighted by atomic mass is 35.5. The van der Waals surface area contributed by atoms with Gasteiger partial charge in [-0.3, -0.25) is 0 Å². The molecule has 0 unspecified atom stereocenters.